The van der Waals surface area contributed by atoms with E-state index in [1.807, 2.05) is 60.7 Å². The average molecular weight is 438 g/mol. The summed E-state index contributed by atoms with van der Waals surface area (Å²) in [5, 5.41) is 5.01. The van der Waals surface area contributed by atoms with Gasteiger partial charge in [-0.1, -0.05) is 72.7 Å². The quantitative estimate of drug-likeness (QED) is 0.393. The molecule has 0 N–H and O–H groups in total. The molecule has 0 saturated heterocycles. The van der Waals surface area contributed by atoms with Crippen LogP contribution in [0.4, 0.5) is 0 Å². The van der Waals surface area contributed by atoms with Crippen LogP contribution in [0.2, 0.25) is 5.02 Å². The van der Waals surface area contributed by atoms with Crippen LogP contribution in [0.3, 0.4) is 0 Å². The van der Waals surface area contributed by atoms with Crippen molar-refractivity contribution in [3.05, 3.63) is 85.4 Å². The van der Waals surface area contributed by atoms with Gasteiger partial charge < -0.3 is 4.74 Å². The Kier molecular flexibility index (Phi) is 6.26. The predicted octanol–water partition coefficient (Wildman–Crippen LogP) is 4.70. The van der Waals surface area contributed by atoms with Crippen LogP contribution >= 0.6 is 22.9 Å². The highest BCUT2D eigenvalue weighted by Gasteiger charge is 2.10. The third-order valence-corrected chi connectivity index (χ3v) is 5.67. The van der Waals surface area contributed by atoms with Crippen LogP contribution in [-0.2, 0) is 0 Å². The van der Waals surface area contributed by atoms with Gasteiger partial charge in [0.1, 0.15) is 5.75 Å². The second-order valence-electron chi connectivity index (χ2n) is 6.70. The zero-order chi connectivity index (χ0) is 20.9. The monoisotopic (exact) mass is 437 g/mol. The minimum Gasteiger partial charge on any atom is -0.493 e. The SMILES string of the molecule is CCCCOc1ccccc1C=c1sc2nc(C=Cc3ccc(Cl)cc3)nn2c1=O. The van der Waals surface area contributed by atoms with Gasteiger partial charge in [-0.3, -0.25) is 4.79 Å². The minimum atomic E-state index is -0.183. The number of benzene rings is 2. The van der Waals surface area contributed by atoms with Crippen molar-refractivity contribution in [2.45, 2.75) is 19.8 Å². The lowest BCUT2D eigenvalue weighted by Crippen LogP contribution is -2.23. The summed E-state index contributed by atoms with van der Waals surface area (Å²) in [7, 11) is 0. The lowest BCUT2D eigenvalue weighted by Gasteiger charge is -2.07. The Morgan fingerprint density at radius 2 is 1.93 bits per heavy atom. The average Bonchev–Trinajstić information content (AvgIpc) is 3.28. The molecule has 0 aliphatic rings. The molecule has 5 nitrogen and oxygen atoms in total. The number of nitrogens with zero attached hydrogens (tertiary/aromatic N) is 3. The van der Waals surface area contributed by atoms with Crippen LogP contribution in [0, 0.1) is 0 Å². The molecule has 0 saturated carbocycles. The van der Waals surface area contributed by atoms with Crippen molar-refractivity contribution < 1.29 is 4.74 Å². The van der Waals surface area contributed by atoms with Crippen molar-refractivity contribution in [2.75, 3.05) is 6.61 Å². The summed E-state index contributed by atoms with van der Waals surface area (Å²) in [5.41, 5.74) is 1.67. The lowest BCUT2D eigenvalue weighted by molar-refractivity contribution is 0.309. The van der Waals surface area contributed by atoms with E-state index < -0.39 is 0 Å². The number of para-hydroxylation sites is 1. The second-order valence-corrected chi connectivity index (χ2v) is 8.15. The van der Waals surface area contributed by atoms with Gasteiger partial charge in [-0.15, -0.1) is 5.10 Å². The first-order valence-electron chi connectivity index (χ1n) is 9.71. The van der Waals surface area contributed by atoms with Gasteiger partial charge in [-0.25, -0.2) is 0 Å². The molecular weight excluding hydrogens is 418 g/mol. The zero-order valence-corrected chi connectivity index (χ0v) is 18.0. The van der Waals surface area contributed by atoms with Gasteiger partial charge in [0, 0.05) is 10.6 Å². The Hall–Kier alpha value is -2.96. The van der Waals surface area contributed by atoms with E-state index in [4.69, 9.17) is 16.3 Å². The maximum atomic E-state index is 12.8. The normalized spacial score (nSPS) is 12.3. The van der Waals surface area contributed by atoms with Gasteiger partial charge in [0.25, 0.3) is 5.56 Å². The molecule has 4 aromatic rings. The number of aromatic nitrogens is 3. The summed E-state index contributed by atoms with van der Waals surface area (Å²) in [4.78, 5) is 17.8. The van der Waals surface area contributed by atoms with Crippen LogP contribution < -0.4 is 14.8 Å². The highest BCUT2D eigenvalue weighted by atomic mass is 35.5. The Bertz CT molecular complexity index is 1290. The molecule has 0 aliphatic heterocycles. The molecule has 4 rings (SSSR count). The van der Waals surface area contributed by atoms with E-state index in [0.717, 1.165) is 29.7 Å². The van der Waals surface area contributed by atoms with Crippen molar-refractivity contribution in [1.29, 1.82) is 0 Å². The zero-order valence-electron chi connectivity index (χ0n) is 16.4. The highest BCUT2D eigenvalue weighted by Crippen LogP contribution is 2.19. The highest BCUT2D eigenvalue weighted by molar-refractivity contribution is 7.15. The van der Waals surface area contributed by atoms with Crippen molar-refractivity contribution in [3.63, 3.8) is 0 Å². The summed E-state index contributed by atoms with van der Waals surface area (Å²) < 4.78 is 7.78. The molecular formula is C23H20ClN3O2S. The number of ether oxygens (including phenoxy) is 1. The Labute approximate surface area is 182 Å². The van der Waals surface area contributed by atoms with Gasteiger partial charge in [0.05, 0.1) is 11.1 Å². The summed E-state index contributed by atoms with van der Waals surface area (Å²) in [5.74, 6) is 1.26. The third kappa shape index (κ3) is 4.61. The molecule has 152 valence electrons. The van der Waals surface area contributed by atoms with Crippen LogP contribution in [0.1, 0.15) is 36.7 Å². The maximum Gasteiger partial charge on any atom is 0.291 e. The Balaban J connectivity index is 1.62. The van der Waals surface area contributed by atoms with Crippen LogP contribution in [0.5, 0.6) is 5.75 Å². The molecule has 2 aromatic carbocycles. The van der Waals surface area contributed by atoms with Crippen LogP contribution in [0.15, 0.2) is 53.3 Å². The first-order chi connectivity index (χ1) is 14.6. The molecule has 0 radical (unpaired) electrons. The van der Waals surface area contributed by atoms with Gasteiger partial charge in [0.15, 0.2) is 5.82 Å². The molecule has 2 aromatic heterocycles. The van der Waals surface area contributed by atoms with E-state index in [-0.39, 0.29) is 5.56 Å². The molecule has 0 spiro atoms. The van der Waals surface area contributed by atoms with Crippen molar-refractivity contribution in [1.82, 2.24) is 14.6 Å². The van der Waals surface area contributed by atoms with E-state index in [1.54, 1.807) is 6.08 Å². The molecule has 0 fully saturated rings. The number of fused-ring (bicyclic) bond motifs is 1. The Morgan fingerprint density at radius 1 is 1.13 bits per heavy atom. The number of rotatable bonds is 7. The molecule has 2 heterocycles. The first-order valence-corrected chi connectivity index (χ1v) is 10.9. The lowest BCUT2D eigenvalue weighted by atomic mass is 10.2. The van der Waals surface area contributed by atoms with Gasteiger partial charge in [0.2, 0.25) is 4.96 Å². The van der Waals surface area contributed by atoms with Gasteiger partial charge in [-0.05, 0) is 42.3 Å². The van der Waals surface area contributed by atoms with E-state index in [9.17, 15) is 4.79 Å². The van der Waals surface area contributed by atoms with Crippen LogP contribution in [-0.4, -0.2) is 21.2 Å². The maximum absolute atomic E-state index is 12.8. The van der Waals surface area contributed by atoms with Crippen molar-refractivity contribution >= 4 is 46.1 Å². The second kappa shape index (κ2) is 9.24. The molecule has 7 heteroatoms. The van der Waals surface area contributed by atoms with E-state index >= 15 is 0 Å². The smallest absolute Gasteiger partial charge is 0.291 e. The standard InChI is InChI=1S/C23H20ClN3O2S/c1-2-3-14-29-19-7-5-4-6-17(19)15-20-22(28)27-23(30-20)25-21(26-27)13-10-16-8-11-18(24)12-9-16/h4-13,15H,2-3,14H2,1H3. The number of hydrogen-bond donors (Lipinski definition) is 0. The summed E-state index contributed by atoms with van der Waals surface area (Å²) in [6, 6.07) is 15.2. The summed E-state index contributed by atoms with van der Waals surface area (Å²) in [6.45, 7) is 2.78. The predicted molar refractivity (Wildman–Crippen MR) is 123 cm³/mol. The molecule has 0 atom stereocenters. The summed E-state index contributed by atoms with van der Waals surface area (Å²) in [6.07, 6.45) is 7.57. The molecule has 30 heavy (non-hydrogen) atoms. The molecule has 0 aliphatic carbocycles. The largest absolute Gasteiger partial charge is 0.493 e. The first kappa shape index (κ1) is 20.3. The number of halogens is 1. The van der Waals surface area contributed by atoms with Gasteiger partial charge in [-0.2, -0.15) is 9.50 Å². The van der Waals surface area contributed by atoms with Crippen LogP contribution in [0.25, 0.3) is 23.2 Å². The summed E-state index contributed by atoms with van der Waals surface area (Å²) >= 11 is 7.22. The number of unbranched alkanes of at least 4 members (excludes halogenated alkanes) is 1. The molecule has 0 bridgehead atoms. The fourth-order valence-corrected chi connectivity index (χ4v) is 3.89. The molecule has 0 unspecified atom stereocenters. The molecule has 0 amide bonds. The topological polar surface area (TPSA) is 56.5 Å². The van der Waals surface area contributed by atoms with Crippen molar-refractivity contribution in [3.8, 4) is 5.75 Å². The van der Waals surface area contributed by atoms with E-state index in [1.165, 1.54) is 15.9 Å². The minimum absolute atomic E-state index is 0.183. The third-order valence-electron chi connectivity index (χ3n) is 4.45. The van der Waals surface area contributed by atoms with E-state index in [0.29, 0.717) is 26.9 Å². The van der Waals surface area contributed by atoms with Gasteiger partial charge >= 0.3 is 0 Å². The number of thiazole rings is 1. The van der Waals surface area contributed by atoms with Crippen molar-refractivity contribution in [2.24, 2.45) is 0 Å². The Morgan fingerprint density at radius 3 is 2.70 bits per heavy atom. The number of hydrogen-bond acceptors (Lipinski definition) is 5. The fraction of sp³-hybridized carbons (Fsp3) is 0.174. The van der Waals surface area contributed by atoms with E-state index in [2.05, 4.69) is 17.0 Å². The fourth-order valence-electron chi connectivity index (χ4n) is 2.86.